The summed E-state index contributed by atoms with van der Waals surface area (Å²) in [5.41, 5.74) is 2.10. The fourth-order valence-electron chi connectivity index (χ4n) is 3.03. The highest BCUT2D eigenvalue weighted by molar-refractivity contribution is 5.79. The topological polar surface area (TPSA) is 32.8 Å². The van der Waals surface area contributed by atoms with Crippen LogP contribution in [0.2, 0.25) is 0 Å². The van der Waals surface area contributed by atoms with Crippen LogP contribution in [-0.2, 0) is 17.8 Å². The van der Waals surface area contributed by atoms with E-state index in [9.17, 15) is 9.18 Å². The standard InChI is InChI=1S/C20H23FN2O2/c1-25-19-8-4-16(5-9-19)14-20(24)23-12-10-22(11-13-23)15-17-2-6-18(21)7-3-17/h2-9H,10-15H2,1H3. The van der Waals surface area contributed by atoms with Crippen LogP contribution in [0.15, 0.2) is 48.5 Å². The largest absolute Gasteiger partial charge is 0.497 e. The van der Waals surface area contributed by atoms with Crippen LogP contribution < -0.4 is 4.74 Å². The molecule has 132 valence electrons. The lowest BCUT2D eigenvalue weighted by atomic mass is 10.1. The molecule has 1 aliphatic heterocycles. The Morgan fingerprint density at radius 2 is 1.56 bits per heavy atom. The lowest BCUT2D eigenvalue weighted by molar-refractivity contribution is -0.132. The molecular weight excluding hydrogens is 319 g/mol. The highest BCUT2D eigenvalue weighted by atomic mass is 19.1. The summed E-state index contributed by atoms with van der Waals surface area (Å²) in [6.45, 7) is 3.94. The molecule has 4 nitrogen and oxygen atoms in total. The molecule has 2 aromatic rings. The van der Waals surface area contributed by atoms with Crippen molar-refractivity contribution >= 4 is 5.91 Å². The summed E-state index contributed by atoms with van der Waals surface area (Å²) in [7, 11) is 1.63. The minimum atomic E-state index is -0.210. The third-order valence-corrected chi connectivity index (χ3v) is 4.56. The van der Waals surface area contributed by atoms with Crippen LogP contribution in [0.25, 0.3) is 0 Å². The molecule has 1 saturated heterocycles. The van der Waals surface area contributed by atoms with E-state index < -0.39 is 0 Å². The van der Waals surface area contributed by atoms with Crippen LogP contribution in [0.3, 0.4) is 0 Å². The smallest absolute Gasteiger partial charge is 0.227 e. The Morgan fingerprint density at radius 3 is 2.16 bits per heavy atom. The Kier molecular flexibility index (Phi) is 5.66. The highest BCUT2D eigenvalue weighted by Gasteiger charge is 2.21. The van der Waals surface area contributed by atoms with Gasteiger partial charge in [-0.2, -0.15) is 0 Å². The van der Waals surface area contributed by atoms with E-state index in [-0.39, 0.29) is 11.7 Å². The maximum absolute atomic E-state index is 13.0. The molecule has 1 aliphatic rings. The van der Waals surface area contributed by atoms with Crippen molar-refractivity contribution < 1.29 is 13.9 Å². The molecule has 1 heterocycles. The Bertz CT molecular complexity index is 693. The lowest BCUT2D eigenvalue weighted by Crippen LogP contribution is -2.48. The van der Waals surface area contributed by atoms with Gasteiger partial charge in [0.1, 0.15) is 11.6 Å². The number of carbonyl (C=O) groups is 1. The summed E-state index contributed by atoms with van der Waals surface area (Å²) < 4.78 is 18.1. The fraction of sp³-hybridized carbons (Fsp3) is 0.350. The average Bonchev–Trinajstić information content (AvgIpc) is 2.65. The predicted molar refractivity (Wildman–Crippen MR) is 95.0 cm³/mol. The molecule has 0 atom stereocenters. The maximum atomic E-state index is 13.0. The Labute approximate surface area is 147 Å². The summed E-state index contributed by atoms with van der Waals surface area (Å²) in [5, 5.41) is 0. The second kappa shape index (κ2) is 8.12. The van der Waals surface area contributed by atoms with Gasteiger partial charge in [0.25, 0.3) is 0 Å². The van der Waals surface area contributed by atoms with Crippen molar-refractivity contribution in [2.45, 2.75) is 13.0 Å². The van der Waals surface area contributed by atoms with Crippen LogP contribution in [0.4, 0.5) is 4.39 Å². The van der Waals surface area contributed by atoms with Gasteiger partial charge in [-0.25, -0.2) is 4.39 Å². The number of amides is 1. The molecule has 3 rings (SSSR count). The third kappa shape index (κ3) is 4.79. The molecule has 2 aromatic carbocycles. The number of halogens is 1. The average molecular weight is 342 g/mol. The van der Waals surface area contributed by atoms with Crippen molar-refractivity contribution in [2.24, 2.45) is 0 Å². The van der Waals surface area contributed by atoms with Crippen molar-refractivity contribution in [1.29, 1.82) is 0 Å². The van der Waals surface area contributed by atoms with Gasteiger partial charge >= 0.3 is 0 Å². The van der Waals surface area contributed by atoms with Gasteiger partial charge in [-0.1, -0.05) is 24.3 Å². The zero-order valence-electron chi connectivity index (χ0n) is 14.5. The summed E-state index contributed by atoms with van der Waals surface area (Å²) in [6.07, 6.45) is 0.419. The first-order valence-electron chi connectivity index (χ1n) is 8.51. The number of benzene rings is 2. The van der Waals surface area contributed by atoms with Crippen molar-refractivity contribution in [3.05, 3.63) is 65.5 Å². The molecule has 0 aromatic heterocycles. The predicted octanol–water partition coefficient (Wildman–Crippen LogP) is 2.72. The molecule has 0 spiro atoms. The number of rotatable bonds is 5. The van der Waals surface area contributed by atoms with Crippen molar-refractivity contribution in [3.63, 3.8) is 0 Å². The first-order valence-corrected chi connectivity index (χ1v) is 8.51. The first kappa shape index (κ1) is 17.4. The second-order valence-corrected chi connectivity index (χ2v) is 6.31. The van der Waals surface area contributed by atoms with E-state index in [4.69, 9.17) is 4.74 Å². The van der Waals surface area contributed by atoms with Crippen LogP contribution in [0.5, 0.6) is 5.75 Å². The molecule has 0 radical (unpaired) electrons. The van der Waals surface area contributed by atoms with Crippen LogP contribution in [0, 0.1) is 5.82 Å². The van der Waals surface area contributed by atoms with E-state index in [2.05, 4.69) is 4.90 Å². The van der Waals surface area contributed by atoms with Crippen molar-refractivity contribution in [1.82, 2.24) is 9.80 Å². The molecule has 0 saturated carbocycles. The number of carbonyl (C=O) groups excluding carboxylic acids is 1. The van der Waals surface area contributed by atoms with Gasteiger partial charge in [-0.05, 0) is 35.4 Å². The molecule has 5 heteroatoms. The lowest BCUT2D eigenvalue weighted by Gasteiger charge is -2.34. The Balaban J connectivity index is 1.47. The number of hydrogen-bond acceptors (Lipinski definition) is 3. The van der Waals surface area contributed by atoms with Crippen molar-refractivity contribution in [3.8, 4) is 5.75 Å². The summed E-state index contributed by atoms with van der Waals surface area (Å²) in [6, 6.07) is 14.2. The van der Waals surface area contributed by atoms with Gasteiger partial charge in [0.2, 0.25) is 5.91 Å². The maximum Gasteiger partial charge on any atom is 0.227 e. The first-order chi connectivity index (χ1) is 12.1. The molecule has 0 N–H and O–H groups in total. The van der Waals surface area contributed by atoms with Gasteiger partial charge < -0.3 is 9.64 Å². The Morgan fingerprint density at radius 1 is 0.960 bits per heavy atom. The third-order valence-electron chi connectivity index (χ3n) is 4.56. The second-order valence-electron chi connectivity index (χ2n) is 6.31. The van der Waals surface area contributed by atoms with E-state index >= 15 is 0 Å². The number of piperazine rings is 1. The number of hydrogen-bond donors (Lipinski definition) is 0. The monoisotopic (exact) mass is 342 g/mol. The quantitative estimate of drug-likeness (QED) is 0.838. The molecule has 0 unspecified atom stereocenters. The van der Waals surface area contributed by atoms with Crippen LogP contribution >= 0.6 is 0 Å². The van der Waals surface area contributed by atoms with Gasteiger partial charge in [0.15, 0.2) is 0 Å². The van der Waals surface area contributed by atoms with Gasteiger partial charge in [-0.3, -0.25) is 9.69 Å². The van der Waals surface area contributed by atoms with Gasteiger partial charge in [0, 0.05) is 32.7 Å². The Hall–Kier alpha value is -2.40. The van der Waals surface area contributed by atoms with E-state index in [1.807, 2.05) is 41.3 Å². The van der Waals surface area contributed by atoms with Gasteiger partial charge in [-0.15, -0.1) is 0 Å². The molecule has 0 aliphatic carbocycles. The van der Waals surface area contributed by atoms with E-state index in [0.29, 0.717) is 6.42 Å². The normalized spacial score (nSPS) is 15.2. The minimum Gasteiger partial charge on any atom is -0.497 e. The summed E-state index contributed by atoms with van der Waals surface area (Å²) >= 11 is 0. The van der Waals surface area contributed by atoms with Gasteiger partial charge in [0.05, 0.1) is 13.5 Å². The van der Waals surface area contributed by atoms with Crippen LogP contribution in [-0.4, -0.2) is 49.0 Å². The number of ether oxygens (including phenoxy) is 1. The van der Waals surface area contributed by atoms with E-state index in [0.717, 1.165) is 49.6 Å². The van der Waals surface area contributed by atoms with Crippen molar-refractivity contribution in [2.75, 3.05) is 33.3 Å². The SMILES string of the molecule is COc1ccc(CC(=O)N2CCN(Cc3ccc(F)cc3)CC2)cc1. The molecule has 25 heavy (non-hydrogen) atoms. The summed E-state index contributed by atoms with van der Waals surface area (Å²) in [4.78, 5) is 16.7. The molecular formula is C20H23FN2O2. The van der Waals surface area contributed by atoms with Crippen LogP contribution in [0.1, 0.15) is 11.1 Å². The molecule has 0 bridgehead atoms. The zero-order chi connectivity index (χ0) is 17.6. The molecule has 1 amide bonds. The summed E-state index contributed by atoms with van der Waals surface area (Å²) in [5.74, 6) is 0.745. The van der Waals surface area contributed by atoms with E-state index in [1.54, 1.807) is 7.11 Å². The fourth-order valence-corrected chi connectivity index (χ4v) is 3.03. The number of methoxy groups -OCH3 is 1. The molecule has 1 fully saturated rings. The number of nitrogens with zero attached hydrogens (tertiary/aromatic N) is 2. The van der Waals surface area contributed by atoms with E-state index in [1.165, 1.54) is 12.1 Å². The zero-order valence-corrected chi connectivity index (χ0v) is 14.5. The highest BCUT2D eigenvalue weighted by Crippen LogP contribution is 2.14. The minimum absolute atomic E-state index is 0.159.